The molecule has 2 aliphatic rings. The maximum Gasteiger partial charge on any atom is 0.129 e. The molecule has 1 heterocycles. The molecule has 0 atom stereocenters. The third kappa shape index (κ3) is 2.57. The van der Waals surface area contributed by atoms with E-state index in [1.165, 1.54) is 32.2 Å². The minimum absolute atomic E-state index is 0.561. The number of rotatable bonds is 5. The van der Waals surface area contributed by atoms with Crippen LogP contribution >= 0.6 is 11.6 Å². The number of hydrogen-bond acceptors (Lipinski definition) is 2. The molecule has 0 aliphatic heterocycles. The number of aromatic nitrogens is 1. The van der Waals surface area contributed by atoms with E-state index in [9.17, 15) is 0 Å². The summed E-state index contributed by atoms with van der Waals surface area (Å²) in [5, 5.41) is 0. The first-order chi connectivity index (χ1) is 8.28. The molecule has 0 amide bonds. The van der Waals surface area contributed by atoms with Crippen LogP contribution in [-0.4, -0.2) is 17.6 Å². The zero-order valence-electron chi connectivity index (χ0n) is 10.3. The van der Waals surface area contributed by atoms with Crippen molar-refractivity contribution in [1.82, 2.24) is 4.98 Å². The summed E-state index contributed by atoms with van der Waals surface area (Å²) < 4.78 is 0. The first-order valence-electron chi connectivity index (χ1n) is 6.57. The van der Waals surface area contributed by atoms with E-state index in [2.05, 4.69) is 24.0 Å². The van der Waals surface area contributed by atoms with Crippen LogP contribution in [0.2, 0.25) is 0 Å². The molecule has 1 aromatic rings. The highest BCUT2D eigenvalue weighted by atomic mass is 35.5. The fourth-order valence-corrected chi connectivity index (χ4v) is 2.55. The standard InChI is InChI=1S/C14H19ClN2/c1-10-12(8-15)4-7-14(16-10)17(13-5-6-13)9-11-2-3-11/h4,7,11,13H,2-3,5-6,8-9H2,1H3. The molecule has 2 saturated carbocycles. The van der Waals surface area contributed by atoms with Crippen molar-refractivity contribution >= 4 is 17.4 Å². The highest BCUT2D eigenvalue weighted by Gasteiger charge is 2.34. The summed E-state index contributed by atoms with van der Waals surface area (Å²) in [5.41, 5.74) is 2.23. The predicted octanol–water partition coefficient (Wildman–Crippen LogP) is 3.51. The van der Waals surface area contributed by atoms with Crippen LogP contribution in [0, 0.1) is 12.8 Å². The van der Waals surface area contributed by atoms with Crippen molar-refractivity contribution in [3.8, 4) is 0 Å². The molecule has 0 spiro atoms. The van der Waals surface area contributed by atoms with Crippen molar-refractivity contribution < 1.29 is 0 Å². The average molecular weight is 251 g/mol. The summed E-state index contributed by atoms with van der Waals surface area (Å²) in [7, 11) is 0. The number of pyridine rings is 1. The van der Waals surface area contributed by atoms with E-state index in [0.717, 1.165) is 29.0 Å². The third-order valence-electron chi connectivity index (χ3n) is 3.76. The Morgan fingerprint density at radius 1 is 1.29 bits per heavy atom. The Hall–Kier alpha value is -0.760. The summed E-state index contributed by atoms with van der Waals surface area (Å²) in [6.45, 7) is 3.26. The molecule has 2 aliphatic carbocycles. The zero-order valence-corrected chi connectivity index (χ0v) is 11.1. The molecule has 0 saturated heterocycles. The lowest BCUT2D eigenvalue weighted by Gasteiger charge is -2.24. The second-order valence-corrected chi connectivity index (χ2v) is 5.64. The quantitative estimate of drug-likeness (QED) is 0.744. The normalized spacial score (nSPS) is 19.4. The van der Waals surface area contributed by atoms with Crippen molar-refractivity contribution in [2.45, 2.75) is 44.5 Å². The highest BCUT2D eigenvalue weighted by Crippen LogP contribution is 2.37. The Morgan fingerprint density at radius 3 is 2.59 bits per heavy atom. The van der Waals surface area contributed by atoms with E-state index in [1.807, 2.05) is 0 Å². The molecule has 0 bridgehead atoms. The fourth-order valence-electron chi connectivity index (χ4n) is 2.27. The van der Waals surface area contributed by atoms with Gasteiger partial charge in [0.2, 0.25) is 0 Å². The van der Waals surface area contributed by atoms with Gasteiger partial charge >= 0.3 is 0 Å². The van der Waals surface area contributed by atoms with Crippen LogP contribution < -0.4 is 4.90 Å². The van der Waals surface area contributed by atoms with Gasteiger partial charge in [0.25, 0.3) is 0 Å². The van der Waals surface area contributed by atoms with E-state index in [0.29, 0.717) is 5.88 Å². The van der Waals surface area contributed by atoms with Crippen LogP contribution in [0.1, 0.15) is 36.9 Å². The van der Waals surface area contributed by atoms with E-state index < -0.39 is 0 Å². The third-order valence-corrected chi connectivity index (χ3v) is 4.05. The Kier molecular flexibility index (Phi) is 2.99. The first kappa shape index (κ1) is 11.3. The van der Waals surface area contributed by atoms with Crippen molar-refractivity contribution in [1.29, 1.82) is 0 Å². The van der Waals surface area contributed by atoms with Crippen LogP contribution in [0.4, 0.5) is 5.82 Å². The number of anilines is 1. The van der Waals surface area contributed by atoms with Gasteiger partial charge in [-0.1, -0.05) is 6.07 Å². The molecule has 92 valence electrons. The minimum atomic E-state index is 0.561. The number of hydrogen-bond donors (Lipinski definition) is 0. The molecule has 2 fully saturated rings. The van der Waals surface area contributed by atoms with E-state index >= 15 is 0 Å². The molecule has 0 N–H and O–H groups in total. The van der Waals surface area contributed by atoms with Gasteiger partial charge in [-0.2, -0.15) is 0 Å². The number of halogens is 1. The lowest BCUT2D eigenvalue weighted by atomic mass is 10.2. The average Bonchev–Trinajstić information content (AvgIpc) is 3.17. The molecule has 17 heavy (non-hydrogen) atoms. The van der Waals surface area contributed by atoms with Crippen LogP contribution in [0.15, 0.2) is 12.1 Å². The predicted molar refractivity (Wildman–Crippen MR) is 71.6 cm³/mol. The van der Waals surface area contributed by atoms with Gasteiger partial charge in [-0.05, 0) is 50.2 Å². The van der Waals surface area contributed by atoms with Gasteiger partial charge in [0.1, 0.15) is 5.82 Å². The zero-order chi connectivity index (χ0) is 11.8. The fraction of sp³-hybridized carbons (Fsp3) is 0.643. The lowest BCUT2D eigenvalue weighted by Crippen LogP contribution is -2.29. The molecule has 0 aromatic carbocycles. The second kappa shape index (κ2) is 4.49. The maximum atomic E-state index is 5.88. The Morgan fingerprint density at radius 2 is 2.06 bits per heavy atom. The van der Waals surface area contributed by atoms with E-state index in [-0.39, 0.29) is 0 Å². The smallest absolute Gasteiger partial charge is 0.129 e. The van der Waals surface area contributed by atoms with Gasteiger partial charge in [-0.3, -0.25) is 0 Å². The van der Waals surface area contributed by atoms with Gasteiger partial charge in [0, 0.05) is 24.2 Å². The van der Waals surface area contributed by atoms with Crippen molar-refractivity contribution in [2.24, 2.45) is 5.92 Å². The SMILES string of the molecule is Cc1nc(N(CC2CC2)C2CC2)ccc1CCl. The van der Waals surface area contributed by atoms with Gasteiger partial charge in [-0.25, -0.2) is 4.98 Å². The van der Waals surface area contributed by atoms with Crippen molar-refractivity contribution in [2.75, 3.05) is 11.4 Å². The molecular weight excluding hydrogens is 232 g/mol. The van der Waals surface area contributed by atoms with Crippen LogP contribution in [-0.2, 0) is 5.88 Å². The monoisotopic (exact) mass is 250 g/mol. The lowest BCUT2D eigenvalue weighted by molar-refractivity contribution is 0.707. The molecular formula is C14H19ClN2. The van der Waals surface area contributed by atoms with Gasteiger partial charge in [0.05, 0.1) is 0 Å². The van der Waals surface area contributed by atoms with Crippen LogP contribution in [0.25, 0.3) is 0 Å². The van der Waals surface area contributed by atoms with Gasteiger partial charge in [0.15, 0.2) is 0 Å². The number of aryl methyl sites for hydroxylation is 1. The first-order valence-corrected chi connectivity index (χ1v) is 7.10. The molecule has 1 aromatic heterocycles. The summed E-state index contributed by atoms with van der Waals surface area (Å²) >= 11 is 5.88. The van der Waals surface area contributed by atoms with Gasteiger partial charge in [-0.15, -0.1) is 11.6 Å². The van der Waals surface area contributed by atoms with Crippen molar-refractivity contribution in [3.63, 3.8) is 0 Å². The van der Waals surface area contributed by atoms with Gasteiger partial charge < -0.3 is 4.90 Å². The molecule has 3 rings (SSSR count). The number of alkyl halides is 1. The molecule has 0 unspecified atom stereocenters. The maximum absolute atomic E-state index is 5.88. The molecule has 3 heteroatoms. The largest absolute Gasteiger partial charge is 0.353 e. The number of nitrogens with zero attached hydrogens (tertiary/aromatic N) is 2. The molecule has 0 radical (unpaired) electrons. The van der Waals surface area contributed by atoms with E-state index in [1.54, 1.807) is 0 Å². The molecule has 2 nitrogen and oxygen atoms in total. The van der Waals surface area contributed by atoms with E-state index in [4.69, 9.17) is 16.6 Å². The van der Waals surface area contributed by atoms with Crippen molar-refractivity contribution in [3.05, 3.63) is 23.4 Å². The summed E-state index contributed by atoms with van der Waals surface area (Å²) in [5.74, 6) is 2.64. The topological polar surface area (TPSA) is 16.1 Å². The Balaban J connectivity index is 1.81. The second-order valence-electron chi connectivity index (χ2n) is 5.37. The Bertz CT molecular complexity index is 411. The van der Waals surface area contributed by atoms with Crippen LogP contribution in [0.5, 0.6) is 0 Å². The highest BCUT2D eigenvalue weighted by molar-refractivity contribution is 6.17. The summed E-state index contributed by atoms with van der Waals surface area (Å²) in [6, 6.07) is 5.03. The summed E-state index contributed by atoms with van der Waals surface area (Å²) in [6.07, 6.45) is 5.49. The minimum Gasteiger partial charge on any atom is -0.353 e. The Labute approximate surface area is 108 Å². The van der Waals surface area contributed by atoms with Crippen LogP contribution in [0.3, 0.4) is 0 Å². The summed E-state index contributed by atoms with van der Waals surface area (Å²) in [4.78, 5) is 7.24.